The molecule has 0 aliphatic rings. The van der Waals surface area contributed by atoms with Crippen molar-refractivity contribution in [2.24, 2.45) is 0 Å². The molecule has 2 aromatic heterocycles. The van der Waals surface area contributed by atoms with Gasteiger partial charge < -0.3 is 14.6 Å². The van der Waals surface area contributed by atoms with Gasteiger partial charge in [0.05, 0.1) is 18.3 Å². The Morgan fingerprint density at radius 1 is 0.917 bits per heavy atom. The molecule has 7 heteroatoms. The number of furan rings is 1. The van der Waals surface area contributed by atoms with Crippen molar-refractivity contribution in [2.75, 3.05) is 11.4 Å². The number of rotatable bonds is 9. The van der Waals surface area contributed by atoms with Gasteiger partial charge in [0.25, 0.3) is 0 Å². The van der Waals surface area contributed by atoms with Crippen LogP contribution in [0.3, 0.4) is 0 Å². The van der Waals surface area contributed by atoms with Crippen molar-refractivity contribution in [3.8, 4) is 11.4 Å². The van der Waals surface area contributed by atoms with Gasteiger partial charge in [0.15, 0.2) is 5.82 Å². The lowest BCUT2D eigenvalue weighted by Gasteiger charge is -2.24. The average molecular weight is 541 g/mol. The van der Waals surface area contributed by atoms with Crippen molar-refractivity contribution < 1.29 is 9.21 Å². The van der Waals surface area contributed by atoms with Gasteiger partial charge in [-0.15, -0.1) is 0 Å². The summed E-state index contributed by atoms with van der Waals surface area (Å²) in [5.74, 6) is 2.17. The average Bonchev–Trinajstić information content (AvgIpc) is 3.43. The van der Waals surface area contributed by atoms with Crippen LogP contribution in [-0.2, 0) is 17.9 Å². The number of fused-ring (bicyclic) bond motifs is 1. The number of hydrogen-bond acceptors (Lipinski definition) is 5. The first-order valence-electron chi connectivity index (χ1n) is 11.8. The van der Waals surface area contributed by atoms with Gasteiger partial charge in [-0.25, -0.2) is 9.97 Å². The molecule has 0 radical (unpaired) electrons. The summed E-state index contributed by atoms with van der Waals surface area (Å²) in [5, 5.41) is 3.94. The molecule has 36 heavy (non-hydrogen) atoms. The third kappa shape index (κ3) is 5.80. The summed E-state index contributed by atoms with van der Waals surface area (Å²) in [4.78, 5) is 24.6. The van der Waals surface area contributed by atoms with E-state index in [-0.39, 0.29) is 5.91 Å². The fraction of sp³-hybridized carbons (Fsp3) is 0.138. The predicted molar refractivity (Wildman–Crippen MR) is 145 cm³/mol. The molecule has 5 rings (SSSR count). The van der Waals surface area contributed by atoms with E-state index in [0.717, 1.165) is 38.1 Å². The van der Waals surface area contributed by atoms with Gasteiger partial charge in [-0.3, -0.25) is 4.79 Å². The molecule has 1 N–H and O–H groups in total. The van der Waals surface area contributed by atoms with Crippen LogP contribution in [0.1, 0.15) is 17.7 Å². The number of halogens is 1. The molecule has 1 amide bonds. The molecule has 0 spiro atoms. The summed E-state index contributed by atoms with van der Waals surface area (Å²) >= 11 is 3.55. The Kier molecular flexibility index (Phi) is 7.38. The highest BCUT2D eigenvalue weighted by Crippen LogP contribution is 2.29. The number of para-hydroxylation sites is 1. The van der Waals surface area contributed by atoms with Crippen LogP contribution in [-0.4, -0.2) is 22.4 Å². The van der Waals surface area contributed by atoms with Gasteiger partial charge in [0.1, 0.15) is 11.6 Å². The standard InChI is InChI=1S/C29H25BrN4O2/c30-23-11-6-10-22(18-23)28-32-26-14-5-4-13-25(26)29(33-28)34(20-24-12-7-17-36-24)16-15-27(35)31-19-21-8-2-1-3-9-21/h1-14,17-18H,15-16,19-20H2,(H,31,35). The topological polar surface area (TPSA) is 71.3 Å². The largest absolute Gasteiger partial charge is 0.467 e. The van der Waals surface area contributed by atoms with Crippen molar-refractivity contribution in [2.45, 2.75) is 19.5 Å². The molecule has 0 saturated heterocycles. The fourth-order valence-corrected chi connectivity index (χ4v) is 4.43. The third-order valence-electron chi connectivity index (χ3n) is 5.83. The second-order valence-corrected chi connectivity index (χ2v) is 9.33. The fourth-order valence-electron chi connectivity index (χ4n) is 4.03. The summed E-state index contributed by atoms with van der Waals surface area (Å²) in [6.45, 7) is 1.46. The third-order valence-corrected chi connectivity index (χ3v) is 6.33. The summed E-state index contributed by atoms with van der Waals surface area (Å²) in [7, 11) is 0. The highest BCUT2D eigenvalue weighted by atomic mass is 79.9. The molecule has 6 nitrogen and oxygen atoms in total. The van der Waals surface area contributed by atoms with E-state index in [0.29, 0.717) is 31.9 Å². The van der Waals surface area contributed by atoms with Gasteiger partial charge in [-0.2, -0.15) is 0 Å². The SMILES string of the molecule is O=C(CCN(Cc1ccco1)c1nc(-c2cccc(Br)c2)nc2ccccc12)NCc1ccccc1. The minimum Gasteiger partial charge on any atom is -0.467 e. The molecule has 2 heterocycles. The summed E-state index contributed by atoms with van der Waals surface area (Å²) in [6.07, 6.45) is 1.98. The van der Waals surface area contributed by atoms with Crippen molar-refractivity contribution in [1.29, 1.82) is 0 Å². The Balaban J connectivity index is 1.45. The Morgan fingerprint density at radius 2 is 1.75 bits per heavy atom. The van der Waals surface area contributed by atoms with E-state index in [1.807, 2.05) is 91.0 Å². The van der Waals surface area contributed by atoms with E-state index in [9.17, 15) is 4.79 Å². The molecular weight excluding hydrogens is 516 g/mol. The molecule has 0 aliphatic carbocycles. The van der Waals surface area contributed by atoms with Crippen LogP contribution in [0.4, 0.5) is 5.82 Å². The van der Waals surface area contributed by atoms with Gasteiger partial charge >= 0.3 is 0 Å². The molecule has 180 valence electrons. The quantitative estimate of drug-likeness (QED) is 0.235. The van der Waals surface area contributed by atoms with E-state index in [1.54, 1.807) is 6.26 Å². The minimum atomic E-state index is -0.0196. The molecule has 0 bridgehead atoms. The molecule has 5 aromatic rings. The van der Waals surface area contributed by atoms with E-state index in [2.05, 4.69) is 26.1 Å². The normalized spacial score (nSPS) is 10.9. The monoisotopic (exact) mass is 540 g/mol. The number of aromatic nitrogens is 2. The lowest BCUT2D eigenvalue weighted by atomic mass is 10.1. The first kappa shape index (κ1) is 23.8. The minimum absolute atomic E-state index is 0.0196. The Morgan fingerprint density at radius 3 is 2.56 bits per heavy atom. The van der Waals surface area contributed by atoms with E-state index >= 15 is 0 Å². The summed E-state index contributed by atoms with van der Waals surface area (Å²) < 4.78 is 6.61. The highest BCUT2D eigenvalue weighted by molar-refractivity contribution is 9.10. The lowest BCUT2D eigenvalue weighted by molar-refractivity contribution is -0.121. The molecule has 0 fully saturated rings. The zero-order chi connectivity index (χ0) is 24.7. The molecule has 0 aliphatic heterocycles. The summed E-state index contributed by atoms with van der Waals surface area (Å²) in [6, 6.07) is 29.6. The molecule has 0 saturated carbocycles. The highest BCUT2D eigenvalue weighted by Gasteiger charge is 2.18. The second kappa shape index (κ2) is 11.2. The smallest absolute Gasteiger partial charge is 0.222 e. The molecular formula is C29H25BrN4O2. The Labute approximate surface area is 218 Å². The molecule has 0 unspecified atom stereocenters. The van der Waals surface area contributed by atoms with Crippen LogP contribution in [0.25, 0.3) is 22.3 Å². The van der Waals surface area contributed by atoms with Crippen LogP contribution < -0.4 is 10.2 Å². The maximum atomic E-state index is 12.7. The van der Waals surface area contributed by atoms with Crippen molar-refractivity contribution in [1.82, 2.24) is 15.3 Å². The number of amides is 1. The van der Waals surface area contributed by atoms with Crippen LogP contribution >= 0.6 is 15.9 Å². The Hall–Kier alpha value is -3.97. The first-order chi connectivity index (χ1) is 17.7. The number of anilines is 1. The number of benzene rings is 3. The van der Waals surface area contributed by atoms with Gasteiger partial charge in [-0.05, 0) is 42.0 Å². The summed E-state index contributed by atoms with van der Waals surface area (Å²) in [5.41, 5.74) is 2.82. The predicted octanol–water partition coefficient (Wildman–Crippen LogP) is 6.37. The van der Waals surface area contributed by atoms with Gasteiger partial charge in [0, 0.05) is 34.9 Å². The van der Waals surface area contributed by atoms with E-state index in [1.165, 1.54) is 0 Å². The number of nitrogens with one attached hydrogen (secondary N) is 1. The van der Waals surface area contributed by atoms with Crippen molar-refractivity contribution in [3.63, 3.8) is 0 Å². The molecule has 3 aromatic carbocycles. The van der Waals surface area contributed by atoms with E-state index < -0.39 is 0 Å². The first-order valence-corrected chi connectivity index (χ1v) is 12.6. The van der Waals surface area contributed by atoms with Crippen LogP contribution in [0.15, 0.2) is 106 Å². The Bertz CT molecular complexity index is 1460. The van der Waals surface area contributed by atoms with Crippen LogP contribution in [0.2, 0.25) is 0 Å². The van der Waals surface area contributed by atoms with Crippen LogP contribution in [0.5, 0.6) is 0 Å². The second-order valence-electron chi connectivity index (χ2n) is 8.41. The van der Waals surface area contributed by atoms with Crippen LogP contribution in [0, 0.1) is 0 Å². The van der Waals surface area contributed by atoms with Crippen molar-refractivity contribution in [3.05, 3.63) is 113 Å². The lowest BCUT2D eigenvalue weighted by Crippen LogP contribution is -2.31. The maximum absolute atomic E-state index is 12.7. The number of hydrogen-bond donors (Lipinski definition) is 1. The number of carbonyl (C=O) groups is 1. The molecule has 0 atom stereocenters. The van der Waals surface area contributed by atoms with Gasteiger partial charge in [0.2, 0.25) is 5.91 Å². The van der Waals surface area contributed by atoms with Gasteiger partial charge in [-0.1, -0.05) is 70.5 Å². The zero-order valence-electron chi connectivity index (χ0n) is 19.6. The zero-order valence-corrected chi connectivity index (χ0v) is 21.2. The number of carbonyl (C=O) groups excluding carboxylic acids is 1. The maximum Gasteiger partial charge on any atom is 0.222 e. The van der Waals surface area contributed by atoms with E-state index in [4.69, 9.17) is 14.4 Å². The van der Waals surface area contributed by atoms with Crippen molar-refractivity contribution >= 4 is 38.6 Å². The number of nitrogens with zero attached hydrogens (tertiary/aromatic N) is 3.